The van der Waals surface area contributed by atoms with Gasteiger partial charge >= 0.3 is 0 Å². The van der Waals surface area contributed by atoms with E-state index in [1.165, 1.54) is 6.08 Å². The quantitative estimate of drug-likeness (QED) is 0.284. The van der Waals surface area contributed by atoms with Crippen molar-refractivity contribution < 1.29 is 9.18 Å². The molecule has 0 bridgehead atoms. The number of halogens is 3. The number of aromatic nitrogens is 3. The van der Waals surface area contributed by atoms with E-state index >= 15 is 4.39 Å². The number of H-pyrrole nitrogens is 1. The smallest absolute Gasteiger partial charge is 0.246 e. The van der Waals surface area contributed by atoms with Crippen molar-refractivity contribution in [3.63, 3.8) is 0 Å². The lowest BCUT2D eigenvalue weighted by atomic mass is 9.95. The molecule has 0 unspecified atom stereocenters. The minimum absolute atomic E-state index is 0.0820. The van der Waals surface area contributed by atoms with E-state index in [1.807, 2.05) is 51.9 Å². The van der Waals surface area contributed by atoms with Gasteiger partial charge in [0.25, 0.3) is 0 Å². The number of likely N-dealkylation sites (N-methyl/N-ethyl adjacent to an activating group) is 1. The highest BCUT2D eigenvalue weighted by atomic mass is 35.5. The van der Waals surface area contributed by atoms with E-state index in [1.54, 1.807) is 12.3 Å². The summed E-state index contributed by atoms with van der Waals surface area (Å²) < 4.78 is 16.9. The van der Waals surface area contributed by atoms with Crippen LogP contribution < -0.4 is 9.80 Å². The summed E-state index contributed by atoms with van der Waals surface area (Å²) in [6, 6.07) is 5.67. The molecular formula is C31H34Cl2FN7O. The third-order valence-electron chi connectivity index (χ3n) is 8.68. The van der Waals surface area contributed by atoms with Crippen LogP contribution >= 0.6 is 23.2 Å². The van der Waals surface area contributed by atoms with Crippen LogP contribution in [0.15, 0.2) is 37.1 Å². The van der Waals surface area contributed by atoms with Gasteiger partial charge < -0.3 is 24.6 Å². The van der Waals surface area contributed by atoms with Gasteiger partial charge in [-0.15, -0.1) is 0 Å². The van der Waals surface area contributed by atoms with E-state index in [0.29, 0.717) is 46.9 Å². The second-order valence-electron chi connectivity index (χ2n) is 11.7. The first-order valence-corrected chi connectivity index (χ1v) is 14.8. The van der Waals surface area contributed by atoms with Crippen molar-refractivity contribution in [1.82, 2.24) is 24.8 Å². The second-order valence-corrected chi connectivity index (χ2v) is 12.5. The van der Waals surface area contributed by atoms with Gasteiger partial charge in [-0.05, 0) is 70.3 Å². The fourth-order valence-corrected chi connectivity index (χ4v) is 6.81. The Bertz CT molecular complexity index is 1730. The number of aryl methyl sites for hydroxylation is 1. The second kappa shape index (κ2) is 10.7. The minimum Gasteiger partial charge on any atom is -0.360 e. The number of hydrogen-bond acceptors (Lipinski definition) is 6. The highest BCUT2D eigenvalue weighted by Crippen LogP contribution is 2.44. The predicted octanol–water partition coefficient (Wildman–Crippen LogP) is 5.89. The molecule has 1 N–H and O–H groups in total. The Morgan fingerprint density at radius 3 is 2.50 bits per heavy atom. The summed E-state index contributed by atoms with van der Waals surface area (Å²) in [5, 5.41) is 2.15. The summed E-state index contributed by atoms with van der Waals surface area (Å²) in [7, 11) is 4.10. The third-order valence-corrected chi connectivity index (χ3v) is 9.28. The van der Waals surface area contributed by atoms with Crippen molar-refractivity contribution in [3.05, 3.63) is 58.5 Å². The average Bonchev–Trinajstić information content (AvgIpc) is 3.40. The number of nitrogens with one attached hydrogen (secondary N) is 1. The van der Waals surface area contributed by atoms with E-state index in [2.05, 4.69) is 26.3 Å². The molecule has 0 saturated carbocycles. The zero-order valence-corrected chi connectivity index (χ0v) is 25.9. The molecule has 6 rings (SSSR count). The Balaban J connectivity index is 1.55. The molecule has 0 aliphatic carbocycles. The van der Waals surface area contributed by atoms with Gasteiger partial charge in [-0.2, -0.15) is 4.98 Å². The number of nitrogens with zero attached hydrogens (tertiary/aromatic N) is 6. The van der Waals surface area contributed by atoms with Crippen molar-refractivity contribution in [2.24, 2.45) is 0 Å². The molecule has 1 amide bonds. The highest BCUT2D eigenvalue weighted by molar-refractivity contribution is 6.37. The standard InChI is InChI=1S/C31H34Cl2FN7O/c1-7-24(42)40-12-18(4)41(13-17(40)3)30-21-11-22(32)26(25-16(2)10-23(33)28-20(25)8-9-35-28)27(34)29(21)36-31(37-30)39-14-19(15-39)38(5)6/h7-11,17-19,35H,1,12-15H2,2-6H3/t17-,18+/m1/s1. The van der Waals surface area contributed by atoms with Crippen LogP contribution in [0.25, 0.3) is 32.9 Å². The van der Waals surface area contributed by atoms with E-state index in [0.717, 1.165) is 29.6 Å². The van der Waals surface area contributed by atoms with Gasteiger partial charge in [0.15, 0.2) is 5.82 Å². The highest BCUT2D eigenvalue weighted by Gasteiger charge is 2.36. The fourth-order valence-electron chi connectivity index (χ4n) is 6.20. The molecule has 2 aliphatic heterocycles. The first-order chi connectivity index (χ1) is 20.0. The number of amides is 1. The van der Waals surface area contributed by atoms with Crippen molar-refractivity contribution in [2.75, 3.05) is 50.1 Å². The van der Waals surface area contributed by atoms with Crippen molar-refractivity contribution in [1.29, 1.82) is 0 Å². The fraction of sp³-hybridized carbons (Fsp3) is 0.387. The number of rotatable bonds is 5. The lowest BCUT2D eigenvalue weighted by Gasteiger charge is -2.45. The molecule has 2 aliphatic rings. The topological polar surface area (TPSA) is 71.6 Å². The van der Waals surface area contributed by atoms with Gasteiger partial charge in [-0.3, -0.25) is 4.79 Å². The van der Waals surface area contributed by atoms with Crippen LogP contribution in [-0.4, -0.2) is 89.1 Å². The van der Waals surface area contributed by atoms with E-state index < -0.39 is 5.82 Å². The Morgan fingerprint density at radius 2 is 1.81 bits per heavy atom. The van der Waals surface area contributed by atoms with Crippen LogP contribution in [0.2, 0.25) is 10.0 Å². The molecular weight excluding hydrogens is 576 g/mol. The Morgan fingerprint density at radius 1 is 1.07 bits per heavy atom. The van der Waals surface area contributed by atoms with Gasteiger partial charge in [0.05, 0.1) is 15.6 Å². The van der Waals surface area contributed by atoms with Gasteiger partial charge in [0.2, 0.25) is 11.9 Å². The summed E-state index contributed by atoms with van der Waals surface area (Å²) in [6.45, 7) is 12.1. The van der Waals surface area contributed by atoms with E-state index in [4.69, 9.17) is 33.2 Å². The number of piperazine rings is 1. The maximum Gasteiger partial charge on any atom is 0.246 e. The number of hydrogen-bond donors (Lipinski definition) is 1. The number of benzene rings is 2. The average molecular weight is 611 g/mol. The molecule has 2 fully saturated rings. The first kappa shape index (κ1) is 28.7. The monoisotopic (exact) mass is 609 g/mol. The van der Waals surface area contributed by atoms with Crippen molar-refractivity contribution in [2.45, 2.75) is 38.9 Å². The van der Waals surface area contributed by atoms with Gasteiger partial charge in [0, 0.05) is 66.8 Å². The maximum absolute atomic E-state index is 16.9. The molecule has 0 radical (unpaired) electrons. The zero-order chi connectivity index (χ0) is 30.0. The van der Waals surface area contributed by atoms with Crippen LogP contribution in [0.5, 0.6) is 0 Å². The normalized spacial score (nSPS) is 19.7. The molecule has 2 aromatic carbocycles. The lowest BCUT2D eigenvalue weighted by molar-refractivity contribution is -0.128. The number of fused-ring (bicyclic) bond motifs is 2. The molecule has 8 nitrogen and oxygen atoms in total. The lowest BCUT2D eigenvalue weighted by Crippen LogP contribution is -2.59. The van der Waals surface area contributed by atoms with E-state index in [9.17, 15) is 4.79 Å². The Hall–Kier alpha value is -3.40. The zero-order valence-electron chi connectivity index (χ0n) is 24.4. The Labute approximate surface area is 254 Å². The maximum atomic E-state index is 16.9. The number of carbonyl (C=O) groups is 1. The first-order valence-electron chi connectivity index (χ1n) is 14.1. The molecule has 2 atom stereocenters. The SMILES string of the molecule is C=CC(=O)N1C[C@H](C)N(c2nc(N3CC(N(C)C)C3)nc3c(F)c(-c4c(C)cc(Cl)c5[nH]ccc45)c(Cl)cc23)C[C@H]1C. The van der Waals surface area contributed by atoms with Gasteiger partial charge in [-0.1, -0.05) is 29.8 Å². The minimum atomic E-state index is -0.499. The molecule has 0 spiro atoms. The van der Waals surface area contributed by atoms with Crippen molar-refractivity contribution in [3.8, 4) is 11.1 Å². The molecule has 220 valence electrons. The summed E-state index contributed by atoms with van der Waals surface area (Å²) in [5.41, 5.74) is 2.71. The van der Waals surface area contributed by atoms with Crippen LogP contribution in [0.4, 0.5) is 16.2 Å². The summed E-state index contributed by atoms with van der Waals surface area (Å²) >= 11 is 13.4. The summed E-state index contributed by atoms with van der Waals surface area (Å²) in [4.78, 5) is 33.7. The molecule has 11 heteroatoms. The molecule has 2 aromatic heterocycles. The van der Waals surface area contributed by atoms with Gasteiger partial charge in [0.1, 0.15) is 11.3 Å². The number of carbonyl (C=O) groups excluding carboxylic acids is 1. The summed E-state index contributed by atoms with van der Waals surface area (Å²) in [6.07, 6.45) is 3.13. The molecule has 4 heterocycles. The van der Waals surface area contributed by atoms with Crippen LogP contribution in [0.3, 0.4) is 0 Å². The van der Waals surface area contributed by atoms with Gasteiger partial charge in [-0.25, -0.2) is 9.37 Å². The predicted molar refractivity (Wildman–Crippen MR) is 169 cm³/mol. The third kappa shape index (κ3) is 4.58. The largest absolute Gasteiger partial charge is 0.360 e. The van der Waals surface area contributed by atoms with Crippen LogP contribution in [-0.2, 0) is 4.79 Å². The van der Waals surface area contributed by atoms with Crippen LogP contribution in [0.1, 0.15) is 19.4 Å². The summed E-state index contributed by atoms with van der Waals surface area (Å²) in [5.74, 6) is 0.485. The number of aromatic amines is 1. The molecule has 42 heavy (non-hydrogen) atoms. The Kier molecular flexibility index (Phi) is 7.32. The van der Waals surface area contributed by atoms with Crippen molar-refractivity contribution >= 4 is 62.7 Å². The number of anilines is 2. The molecule has 4 aromatic rings. The molecule has 2 saturated heterocycles. The van der Waals surface area contributed by atoms with Crippen LogP contribution in [0, 0.1) is 12.7 Å². The van der Waals surface area contributed by atoms with E-state index in [-0.39, 0.29) is 34.1 Å².